The summed E-state index contributed by atoms with van der Waals surface area (Å²) in [6, 6.07) is 8.89. The van der Waals surface area contributed by atoms with Crippen LogP contribution in [0.15, 0.2) is 48.8 Å². The molecule has 0 amide bonds. The van der Waals surface area contributed by atoms with Gasteiger partial charge in [0.25, 0.3) is 0 Å². The van der Waals surface area contributed by atoms with Crippen LogP contribution >= 0.6 is 0 Å². The van der Waals surface area contributed by atoms with Crippen molar-refractivity contribution >= 4 is 5.82 Å². The fraction of sp³-hybridized carbons (Fsp3) is 0.391. The van der Waals surface area contributed by atoms with Crippen LogP contribution in [0, 0.1) is 23.2 Å². The van der Waals surface area contributed by atoms with Crippen LogP contribution in [0.25, 0.3) is 0 Å². The highest BCUT2D eigenvalue weighted by molar-refractivity contribution is 5.45. The molecule has 1 aliphatic carbocycles. The number of halogens is 3. The number of hydroxylamine groups is 1. The molecule has 1 aromatic heterocycles. The summed E-state index contributed by atoms with van der Waals surface area (Å²) in [5, 5.41) is 8.96. The quantitative estimate of drug-likeness (QED) is 0.653. The predicted octanol–water partition coefficient (Wildman–Crippen LogP) is 4.68. The van der Waals surface area contributed by atoms with Crippen LogP contribution in [0.2, 0.25) is 0 Å². The molecule has 9 heteroatoms. The molecule has 1 saturated heterocycles. The fourth-order valence-electron chi connectivity index (χ4n) is 4.34. The molecule has 32 heavy (non-hydrogen) atoms. The highest BCUT2D eigenvalue weighted by Gasteiger charge is 2.44. The Morgan fingerprint density at radius 2 is 1.91 bits per heavy atom. The number of nitrogens with one attached hydrogen (secondary N) is 1. The minimum Gasteiger partial charge on any atom is -0.486 e. The maximum Gasteiger partial charge on any atom is 0.416 e. The molecule has 0 spiro atoms. The second-order valence-corrected chi connectivity index (χ2v) is 8.25. The van der Waals surface area contributed by atoms with E-state index in [0.717, 1.165) is 43.9 Å². The number of pyridine rings is 1. The third kappa shape index (κ3) is 4.59. The van der Waals surface area contributed by atoms with Crippen molar-refractivity contribution < 1.29 is 22.7 Å². The second-order valence-electron chi connectivity index (χ2n) is 8.25. The number of fused-ring (bicyclic) bond motifs is 2. The van der Waals surface area contributed by atoms with E-state index in [-0.39, 0.29) is 29.4 Å². The largest absolute Gasteiger partial charge is 0.486 e. The molecule has 1 saturated carbocycles. The summed E-state index contributed by atoms with van der Waals surface area (Å²) >= 11 is 0. The van der Waals surface area contributed by atoms with Gasteiger partial charge in [-0.2, -0.15) is 18.4 Å². The molecule has 2 fully saturated rings. The molecule has 1 N–H and O–H groups in total. The minimum absolute atomic E-state index is 0.0292. The molecule has 1 aliphatic heterocycles. The van der Waals surface area contributed by atoms with Gasteiger partial charge in [-0.3, -0.25) is 0 Å². The monoisotopic (exact) mass is 444 g/mol. The molecule has 2 unspecified atom stereocenters. The highest BCUT2D eigenvalue weighted by atomic mass is 19.4. The Bertz CT molecular complexity index is 1020. The number of alkyl halides is 3. The molecule has 6 nitrogen and oxygen atoms in total. The van der Waals surface area contributed by atoms with Crippen LogP contribution in [0.5, 0.6) is 11.5 Å². The summed E-state index contributed by atoms with van der Waals surface area (Å²) in [6.45, 7) is 6.73. The van der Waals surface area contributed by atoms with Crippen molar-refractivity contribution in [1.29, 1.82) is 5.26 Å². The number of hydrogen-bond acceptors (Lipinski definition) is 6. The van der Waals surface area contributed by atoms with Gasteiger partial charge in [0.05, 0.1) is 11.1 Å². The Labute approximate surface area is 184 Å². The molecule has 2 aromatic rings. The number of piperidine rings is 1. The Balaban J connectivity index is 1.52. The number of nitrogens with zero attached hydrogens (tertiary/aromatic N) is 3. The molecule has 0 radical (unpaired) electrons. The molecule has 2 atom stereocenters. The lowest BCUT2D eigenvalue weighted by molar-refractivity contribution is -0.137. The van der Waals surface area contributed by atoms with E-state index in [1.54, 1.807) is 19.2 Å². The highest BCUT2D eigenvalue weighted by Crippen LogP contribution is 2.43. The minimum atomic E-state index is -4.49. The van der Waals surface area contributed by atoms with E-state index in [9.17, 15) is 13.2 Å². The van der Waals surface area contributed by atoms with Gasteiger partial charge in [-0.05, 0) is 50.1 Å². The number of anilines is 1. The first-order valence-corrected chi connectivity index (χ1v) is 10.3. The summed E-state index contributed by atoms with van der Waals surface area (Å²) in [6.07, 6.45) is -1.14. The van der Waals surface area contributed by atoms with E-state index in [2.05, 4.69) is 28.0 Å². The summed E-state index contributed by atoms with van der Waals surface area (Å²) in [4.78, 5) is 11.9. The number of allylic oxidation sites excluding steroid dienone is 1. The van der Waals surface area contributed by atoms with Crippen molar-refractivity contribution in [1.82, 2.24) is 10.5 Å². The standard InChI is InChI=1S/C23H23F3N4O2/c1-14(2)29-32-20-9-18(23(24,25)26)6-7-19(20)31-22-16-4-5-17(22)13-30(12-16)21-8-3-15(10-27)11-28-21/h3,6-9,11,16-17,22,29H,1,4-5,12-13H2,2H3. The normalized spacial score (nSPS) is 22.2. The lowest BCUT2D eigenvalue weighted by Gasteiger charge is -2.38. The molecular formula is C23H23F3N4O2. The van der Waals surface area contributed by atoms with Crippen molar-refractivity contribution in [3.8, 4) is 17.6 Å². The van der Waals surface area contributed by atoms with Crippen LogP contribution in [-0.4, -0.2) is 24.2 Å². The average Bonchev–Trinajstić information content (AvgIpc) is 2.99. The number of hydrogen-bond donors (Lipinski definition) is 1. The summed E-state index contributed by atoms with van der Waals surface area (Å²) in [7, 11) is 0. The maximum absolute atomic E-state index is 13.2. The van der Waals surface area contributed by atoms with E-state index < -0.39 is 11.7 Å². The number of benzene rings is 1. The van der Waals surface area contributed by atoms with Gasteiger partial charge in [0.15, 0.2) is 11.5 Å². The van der Waals surface area contributed by atoms with Crippen LogP contribution in [0.1, 0.15) is 30.9 Å². The van der Waals surface area contributed by atoms with E-state index in [1.165, 1.54) is 6.07 Å². The van der Waals surface area contributed by atoms with Crippen LogP contribution in [0.4, 0.5) is 19.0 Å². The summed E-state index contributed by atoms with van der Waals surface area (Å²) in [5.41, 5.74) is 2.66. The summed E-state index contributed by atoms with van der Waals surface area (Å²) < 4.78 is 45.8. The molecule has 2 aliphatic rings. The van der Waals surface area contributed by atoms with E-state index in [0.29, 0.717) is 11.3 Å². The van der Waals surface area contributed by atoms with Crippen molar-refractivity contribution in [2.45, 2.75) is 32.0 Å². The van der Waals surface area contributed by atoms with Crippen molar-refractivity contribution in [3.63, 3.8) is 0 Å². The lowest BCUT2D eigenvalue weighted by Crippen LogP contribution is -2.47. The molecule has 2 bridgehead atoms. The fourth-order valence-corrected chi connectivity index (χ4v) is 4.34. The van der Waals surface area contributed by atoms with Crippen molar-refractivity contribution in [3.05, 3.63) is 59.9 Å². The number of aromatic nitrogens is 1. The lowest BCUT2D eigenvalue weighted by atomic mass is 9.94. The molecule has 168 valence electrons. The van der Waals surface area contributed by atoms with E-state index >= 15 is 0 Å². The maximum atomic E-state index is 13.2. The van der Waals surface area contributed by atoms with Gasteiger partial charge in [0.2, 0.25) is 0 Å². The predicted molar refractivity (Wildman–Crippen MR) is 112 cm³/mol. The van der Waals surface area contributed by atoms with Crippen molar-refractivity contribution in [2.24, 2.45) is 11.8 Å². The van der Waals surface area contributed by atoms with Gasteiger partial charge in [0.1, 0.15) is 18.0 Å². The first kappa shape index (κ1) is 21.8. The second kappa shape index (κ2) is 8.61. The first-order chi connectivity index (χ1) is 15.2. The zero-order valence-electron chi connectivity index (χ0n) is 17.5. The van der Waals surface area contributed by atoms with Gasteiger partial charge < -0.3 is 14.5 Å². The third-order valence-electron chi connectivity index (χ3n) is 5.82. The molecule has 2 heterocycles. The number of rotatable bonds is 6. The topological polar surface area (TPSA) is 70.4 Å². The molecule has 1 aromatic carbocycles. The van der Waals surface area contributed by atoms with Crippen molar-refractivity contribution in [2.75, 3.05) is 18.0 Å². The van der Waals surface area contributed by atoms with Gasteiger partial charge in [-0.25, -0.2) is 10.5 Å². The summed E-state index contributed by atoms with van der Waals surface area (Å²) in [5.74, 6) is 1.45. The van der Waals surface area contributed by atoms with Gasteiger partial charge in [-0.15, -0.1) is 0 Å². The van der Waals surface area contributed by atoms with Gasteiger partial charge in [0, 0.05) is 36.8 Å². The van der Waals surface area contributed by atoms with Crippen LogP contribution in [-0.2, 0) is 6.18 Å². The smallest absolute Gasteiger partial charge is 0.416 e. The Morgan fingerprint density at radius 3 is 2.47 bits per heavy atom. The number of nitriles is 1. The Hall–Kier alpha value is -3.41. The van der Waals surface area contributed by atoms with Crippen LogP contribution < -0.4 is 20.0 Å². The zero-order valence-corrected chi connectivity index (χ0v) is 17.5. The number of ether oxygens (including phenoxy) is 1. The molecular weight excluding hydrogens is 421 g/mol. The Morgan fingerprint density at radius 1 is 1.19 bits per heavy atom. The Kier molecular flexibility index (Phi) is 5.87. The third-order valence-corrected chi connectivity index (χ3v) is 5.82. The van der Waals surface area contributed by atoms with Gasteiger partial charge >= 0.3 is 6.18 Å². The zero-order chi connectivity index (χ0) is 22.9. The SMILES string of the molecule is C=C(C)NOc1cc(C(F)(F)F)ccc1OC1C2CCC1CN(c1ccc(C#N)cn1)C2. The molecule has 4 rings (SSSR count). The first-order valence-electron chi connectivity index (χ1n) is 10.3. The van der Waals surface area contributed by atoms with Crippen LogP contribution in [0.3, 0.4) is 0 Å². The van der Waals surface area contributed by atoms with E-state index in [1.807, 2.05) is 6.07 Å². The van der Waals surface area contributed by atoms with Gasteiger partial charge in [-0.1, -0.05) is 6.58 Å². The van der Waals surface area contributed by atoms with E-state index in [4.69, 9.17) is 14.8 Å². The average molecular weight is 444 g/mol.